The summed E-state index contributed by atoms with van der Waals surface area (Å²) in [6, 6.07) is 8.13. The minimum Gasteiger partial charge on any atom is -0.494 e. The second-order valence-electron chi connectivity index (χ2n) is 10.1. The van der Waals surface area contributed by atoms with Gasteiger partial charge in [0.15, 0.2) is 5.82 Å². The Morgan fingerprint density at radius 1 is 1.17 bits per heavy atom. The molecule has 194 valence electrons. The minimum absolute atomic E-state index is 0.00372. The third-order valence-electron chi connectivity index (χ3n) is 7.60. The normalized spacial score (nSPS) is 19.8. The summed E-state index contributed by atoms with van der Waals surface area (Å²) in [5, 5.41) is 14.0. The Bertz CT molecular complexity index is 1200. The molecule has 2 fully saturated rings. The molecular formula is C27H38N6O3. The van der Waals surface area contributed by atoms with E-state index in [1.165, 1.54) is 19.3 Å². The molecule has 2 atom stereocenters. The number of nitrogens with one attached hydrogen (secondary N) is 1. The van der Waals surface area contributed by atoms with Gasteiger partial charge in [-0.2, -0.15) is 0 Å². The van der Waals surface area contributed by atoms with Gasteiger partial charge in [0.1, 0.15) is 5.75 Å². The molecule has 0 amide bonds. The standard InChI is InChI=1S/C27H38N6O3/c1-3-25(26-29-30-31-33(26)21-9-6-5-7-10-21)32(18-23-11-8-14-36-23)17-20-15-19-16-22(35-4-2)12-13-24(19)28-27(20)34/h12-13,15-16,21,23,25H,3-11,14,17-18H2,1-2H3,(H,28,34)/t23-,25-/m0/s1. The Morgan fingerprint density at radius 2 is 2.03 bits per heavy atom. The number of H-pyrrole nitrogens is 1. The Balaban J connectivity index is 1.47. The lowest BCUT2D eigenvalue weighted by molar-refractivity contribution is 0.0481. The summed E-state index contributed by atoms with van der Waals surface area (Å²) < 4.78 is 13.8. The van der Waals surface area contributed by atoms with Crippen LogP contribution in [0.5, 0.6) is 5.75 Å². The van der Waals surface area contributed by atoms with E-state index in [-0.39, 0.29) is 17.7 Å². The molecule has 0 bridgehead atoms. The van der Waals surface area contributed by atoms with Crippen LogP contribution >= 0.6 is 0 Å². The van der Waals surface area contributed by atoms with Crippen LogP contribution < -0.4 is 10.3 Å². The van der Waals surface area contributed by atoms with Crippen LogP contribution in [-0.4, -0.2) is 56.0 Å². The van der Waals surface area contributed by atoms with Crippen LogP contribution in [0.1, 0.15) is 88.7 Å². The number of ether oxygens (including phenoxy) is 2. The van der Waals surface area contributed by atoms with Crippen LogP contribution in [-0.2, 0) is 11.3 Å². The molecular weight excluding hydrogens is 456 g/mol. The molecule has 5 rings (SSSR count). The van der Waals surface area contributed by atoms with Crippen molar-refractivity contribution in [1.29, 1.82) is 0 Å². The number of hydrogen-bond acceptors (Lipinski definition) is 7. The number of pyridine rings is 1. The van der Waals surface area contributed by atoms with Crippen LogP contribution in [0.25, 0.3) is 10.9 Å². The summed E-state index contributed by atoms with van der Waals surface area (Å²) in [5.41, 5.74) is 1.47. The van der Waals surface area contributed by atoms with Gasteiger partial charge in [0.05, 0.1) is 24.8 Å². The number of benzene rings is 1. The first-order chi connectivity index (χ1) is 17.7. The maximum Gasteiger partial charge on any atom is 0.252 e. The zero-order valence-corrected chi connectivity index (χ0v) is 21.5. The fourth-order valence-electron chi connectivity index (χ4n) is 5.78. The minimum atomic E-state index is -0.0641. The molecule has 0 unspecified atom stereocenters. The van der Waals surface area contributed by atoms with Gasteiger partial charge < -0.3 is 14.5 Å². The van der Waals surface area contributed by atoms with E-state index in [0.717, 1.165) is 73.3 Å². The monoisotopic (exact) mass is 494 g/mol. The topological polar surface area (TPSA) is 98.2 Å². The summed E-state index contributed by atoms with van der Waals surface area (Å²) in [6.45, 7) is 6.78. The van der Waals surface area contributed by atoms with Crippen LogP contribution in [0.4, 0.5) is 0 Å². The SMILES string of the molecule is CCOc1ccc2[nH]c(=O)c(CN(C[C@@H]3CCCO3)[C@@H](CC)c3nnnn3C3CCCCC3)cc2c1. The van der Waals surface area contributed by atoms with E-state index >= 15 is 0 Å². The number of tetrazole rings is 1. The smallest absolute Gasteiger partial charge is 0.252 e. The van der Waals surface area contributed by atoms with E-state index in [2.05, 4.69) is 37.0 Å². The van der Waals surface area contributed by atoms with Crippen LogP contribution in [0.15, 0.2) is 29.1 Å². The number of fused-ring (bicyclic) bond motifs is 1. The Kier molecular flexibility index (Phi) is 7.96. The third-order valence-corrected chi connectivity index (χ3v) is 7.60. The van der Waals surface area contributed by atoms with Crippen LogP contribution in [0.2, 0.25) is 0 Å². The van der Waals surface area contributed by atoms with Crippen molar-refractivity contribution in [3.63, 3.8) is 0 Å². The van der Waals surface area contributed by atoms with Crippen molar-refractivity contribution in [2.75, 3.05) is 19.8 Å². The number of nitrogens with zero attached hydrogens (tertiary/aromatic N) is 5. The fraction of sp³-hybridized carbons (Fsp3) is 0.630. The summed E-state index contributed by atoms with van der Waals surface area (Å²) in [4.78, 5) is 18.6. The van der Waals surface area contributed by atoms with Crippen molar-refractivity contribution in [3.8, 4) is 5.75 Å². The predicted molar refractivity (Wildman–Crippen MR) is 138 cm³/mol. The zero-order chi connectivity index (χ0) is 24.9. The fourth-order valence-corrected chi connectivity index (χ4v) is 5.78. The van der Waals surface area contributed by atoms with Crippen molar-refractivity contribution in [2.45, 2.75) is 89.9 Å². The number of rotatable bonds is 10. The molecule has 3 heterocycles. The molecule has 1 saturated heterocycles. The van der Waals surface area contributed by atoms with E-state index in [4.69, 9.17) is 9.47 Å². The van der Waals surface area contributed by atoms with E-state index in [9.17, 15) is 4.79 Å². The molecule has 2 aromatic heterocycles. The van der Waals surface area contributed by atoms with Gasteiger partial charge in [0.2, 0.25) is 0 Å². The molecule has 2 aliphatic rings. The third kappa shape index (κ3) is 5.47. The molecule has 9 nitrogen and oxygen atoms in total. The average Bonchev–Trinajstić information content (AvgIpc) is 3.58. The Morgan fingerprint density at radius 3 is 2.78 bits per heavy atom. The predicted octanol–water partition coefficient (Wildman–Crippen LogP) is 4.55. The highest BCUT2D eigenvalue weighted by Gasteiger charge is 2.31. The zero-order valence-electron chi connectivity index (χ0n) is 21.5. The molecule has 1 aliphatic carbocycles. The average molecular weight is 495 g/mol. The van der Waals surface area contributed by atoms with Gasteiger partial charge in [-0.15, -0.1) is 5.10 Å². The second kappa shape index (κ2) is 11.5. The second-order valence-corrected chi connectivity index (χ2v) is 10.1. The lowest BCUT2D eigenvalue weighted by Crippen LogP contribution is -2.38. The summed E-state index contributed by atoms with van der Waals surface area (Å²) in [5.74, 6) is 1.70. The number of aromatic nitrogens is 5. The van der Waals surface area contributed by atoms with Gasteiger partial charge in [-0.25, -0.2) is 4.68 Å². The highest BCUT2D eigenvalue weighted by atomic mass is 16.5. The highest BCUT2D eigenvalue weighted by molar-refractivity contribution is 5.80. The van der Waals surface area contributed by atoms with Gasteiger partial charge in [-0.05, 0) is 73.7 Å². The van der Waals surface area contributed by atoms with E-state index in [1.807, 2.05) is 31.2 Å². The maximum absolute atomic E-state index is 13.1. The first-order valence-corrected chi connectivity index (χ1v) is 13.6. The van der Waals surface area contributed by atoms with Gasteiger partial charge in [-0.1, -0.05) is 26.2 Å². The van der Waals surface area contributed by atoms with Crippen molar-refractivity contribution in [1.82, 2.24) is 30.1 Å². The van der Waals surface area contributed by atoms with Crippen molar-refractivity contribution < 1.29 is 9.47 Å². The summed E-state index contributed by atoms with van der Waals surface area (Å²) >= 11 is 0. The molecule has 36 heavy (non-hydrogen) atoms. The largest absolute Gasteiger partial charge is 0.494 e. The molecule has 3 aromatic rings. The van der Waals surface area contributed by atoms with Gasteiger partial charge in [0.25, 0.3) is 5.56 Å². The van der Waals surface area contributed by atoms with Crippen molar-refractivity contribution in [3.05, 3.63) is 46.0 Å². The molecule has 1 N–H and O–H groups in total. The molecule has 1 aliphatic heterocycles. The van der Waals surface area contributed by atoms with Gasteiger partial charge >= 0.3 is 0 Å². The quantitative estimate of drug-likeness (QED) is 0.441. The summed E-state index contributed by atoms with van der Waals surface area (Å²) in [6.07, 6.45) is 9.07. The van der Waals surface area contributed by atoms with Crippen molar-refractivity contribution >= 4 is 10.9 Å². The lowest BCUT2D eigenvalue weighted by Gasteiger charge is -2.33. The highest BCUT2D eigenvalue weighted by Crippen LogP contribution is 2.33. The summed E-state index contributed by atoms with van der Waals surface area (Å²) in [7, 11) is 0. The lowest BCUT2D eigenvalue weighted by atomic mass is 9.95. The Labute approximate surface area is 212 Å². The van der Waals surface area contributed by atoms with Crippen LogP contribution in [0, 0.1) is 0 Å². The maximum atomic E-state index is 13.1. The number of aromatic amines is 1. The first kappa shape index (κ1) is 24.9. The molecule has 9 heteroatoms. The number of hydrogen-bond donors (Lipinski definition) is 1. The Hall–Kier alpha value is -2.78. The van der Waals surface area contributed by atoms with E-state index < -0.39 is 0 Å². The molecule has 0 spiro atoms. The molecule has 1 saturated carbocycles. The van der Waals surface area contributed by atoms with Gasteiger partial charge in [0, 0.05) is 36.2 Å². The van der Waals surface area contributed by atoms with E-state index in [0.29, 0.717) is 19.2 Å². The van der Waals surface area contributed by atoms with Crippen LogP contribution in [0.3, 0.4) is 0 Å². The van der Waals surface area contributed by atoms with Crippen molar-refractivity contribution in [2.24, 2.45) is 0 Å². The van der Waals surface area contributed by atoms with E-state index in [1.54, 1.807) is 0 Å². The molecule has 0 radical (unpaired) electrons. The first-order valence-electron chi connectivity index (χ1n) is 13.6. The molecule has 1 aromatic carbocycles. The van der Waals surface area contributed by atoms with Gasteiger partial charge in [-0.3, -0.25) is 9.69 Å².